The van der Waals surface area contributed by atoms with Crippen LogP contribution >= 0.6 is 11.3 Å². The second-order valence-corrected chi connectivity index (χ2v) is 6.00. The Morgan fingerprint density at radius 1 is 1.19 bits per heavy atom. The molecule has 3 aromatic rings. The van der Waals surface area contributed by atoms with Crippen molar-refractivity contribution in [2.45, 2.75) is 12.5 Å². The number of rotatable bonds is 5. The second kappa shape index (κ2) is 6.11. The molecule has 0 spiro atoms. The van der Waals surface area contributed by atoms with Crippen molar-refractivity contribution >= 4 is 32.4 Å². The molecule has 108 valence electrons. The lowest BCUT2D eigenvalue weighted by Crippen LogP contribution is -2.21. The molecule has 1 aromatic heterocycles. The third-order valence-electron chi connectivity index (χ3n) is 3.22. The Kier molecular flexibility index (Phi) is 4.03. The van der Waals surface area contributed by atoms with Gasteiger partial charge in [-0.15, -0.1) is 0 Å². The second-order valence-electron chi connectivity index (χ2n) is 4.97. The van der Waals surface area contributed by atoms with Crippen molar-refractivity contribution in [3.05, 3.63) is 54.1 Å². The van der Waals surface area contributed by atoms with E-state index in [9.17, 15) is 5.11 Å². The van der Waals surface area contributed by atoms with E-state index in [1.54, 1.807) is 11.3 Å². The number of aliphatic hydroxyl groups excluding tert-OH is 1. The minimum absolute atomic E-state index is 0.440. The van der Waals surface area contributed by atoms with Crippen molar-refractivity contribution in [1.82, 2.24) is 4.98 Å². The van der Waals surface area contributed by atoms with Crippen molar-refractivity contribution in [1.29, 1.82) is 0 Å². The molecular formula is C16H17N3OS. The maximum atomic E-state index is 10.1. The molecule has 0 fully saturated rings. The lowest BCUT2D eigenvalue weighted by molar-refractivity contribution is 0.188. The van der Waals surface area contributed by atoms with Gasteiger partial charge in [0.05, 0.1) is 16.3 Å². The Morgan fingerprint density at radius 3 is 2.81 bits per heavy atom. The van der Waals surface area contributed by atoms with Crippen molar-refractivity contribution in [3.63, 3.8) is 0 Å². The van der Waals surface area contributed by atoms with Crippen LogP contribution in [0.4, 0.5) is 10.8 Å². The van der Waals surface area contributed by atoms with E-state index in [1.165, 1.54) is 0 Å². The van der Waals surface area contributed by atoms with E-state index in [1.807, 2.05) is 48.5 Å². The van der Waals surface area contributed by atoms with Crippen LogP contribution in [0.2, 0.25) is 0 Å². The predicted octanol–water partition coefficient (Wildman–Crippen LogP) is 2.89. The van der Waals surface area contributed by atoms with Gasteiger partial charge >= 0.3 is 0 Å². The fraction of sp³-hybridized carbons (Fsp3) is 0.188. The van der Waals surface area contributed by atoms with Crippen LogP contribution in [0.15, 0.2) is 48.5 Å². The van der Waals surface area contributed by atoms with Gasteiger partial charge in [0.25, 0.3) is 0 Å². The number of anilines is 2. The number of nitrogens with two attached hydrogens (primary N) is 1. The largest absolute Gasteiger partial charge is 0.399 e. The monoisotopic (exact) mass is 299 g/mol. The van der Waals surface area contributed by atoms with Gasteiger partial charge in [0.2, 0.25) is 0 Å². The van der Waals surface area contributed by atoms with Crippen LogP contribution in [0.25, 0.3) is 10.2 Å². The summed E-state index contributed by atoms with van der Waals surface area (Å²) in [7, 11) is 0. The third kappa shape index (κ3) is 3.51. The van der Waals surface area contributed by atoms with Gasteiger partial charge in [-0.3, -0.25) is 0 Å². The molecule has 21 heavy (non-hydrogen) atoms. The van der Waals surface area contributed by atoms with Gasteiger partial charge in [-0.05, 0) is 23.8 Å². The number of benzene rings is 2. The number of fused-ring (bicyclic) bond motifs is 1. The van der Waals surface area contributed by atoms with E-state index in [0.717, 1.165) is 26.6 Å². The van der Waals surface area contributed by atoms with Gasteiger partial charge in [0.1, 0.15) is 0 Å². The highest BCUT2D eigenvalue weighted by atomic mass is 32.1. The zero-order chi connectivity index (χ0) is 14.7. The summed E-state index contributed by atoms with van der Waals surface area (Å²) in [6, 6.07) is 15.6. The van der Waals surface area contributed by atoms with E-state index < -0.39 is 6.10 Å². The molecule has 0 aliphatic rings. The molecule has 1 heterocycles. The smallest absolute Gasteiger partial charge is 0.183 e. The van der Waals surface area contributed by atoms with Gasteiger partial charge in [0.15, 0.2) is 5.13 Å². The van der Waals surface area contributed by atoms with Crippen LogP contribution < -0.4 is 11.1 Å². The highest BCUT2D eigenvalue weighted by Gasteiger charge is 2.08. The molecule has 2 aromatic carbocycles. The zero-order valence-corrected chi connectivity index (χ0v) is 12.3. The molecule has 0 saturated carbocycles. The first-order valence-electron chi connectivity index (χ1n) is 6.82. The van der Waals surface area contributed by atoms with Crippen LogP contribution in [0.3, 0.4) is 0 Å². The molecule has 0 bridgehead atoms. The van der Waals surface area contributed by atoms with E-state index in [-0.39, 0.29) is 0 Å². The van der Waals surface area contributed by atoms with E-state index in [2.05, 4.69) is 10.3 Å². The highest BCUT2D eigenvalue weighted by Crippen LogP contribution is 2.27. The highest BCUT2D eigenvalue weighted by molar-refractivity contribution is 7.22. The summed E-state index contributed by atoms with van der Waals surface area (Å²) in [5, 5.41) is 14.1. The summed E-state index contributed by atoms with van der Waals surface area (Å²) in [5.74, 6) is 0. The lowest BCUT2D eigenvalue weighted by Gasteiger charge is -2.10. The lowest BCUT2D eigenvalue weighted by atomic mass is 10.1. The first kappa shape index (κ1) is 13.9. The van der Waals surface area contributed by atoms with Crippen molar-refractivity contribution in [2.24, 2.45) is 0 Å². The number of hydrogen-bond acceptors (Lipinski definition) is 5. The molecule has 0 aliphatic heterocycles. The van der Waals surface area contributed by atoms with Crippen LogP contribution in [0, 0.1) is 0 Å². The first-order valence-corrected chi connectivity index (χ1v) is 7.64. The SMILES string of the molecule is Nc1ccc2nc(NC[C@H](O)Cc3ccccc3)sc2c1. The molecule has 5 heteroatoms. The normalized spacial score (nSPS) is 12.4. The van der Waals surface area contributed by atoms with Crippen LogP contribution in [0.1, 0.15) is 5.56 Å². The maximum absolute atomic E-state index is 10.1. The van der Waals surface area contributed by atoms with Gasteiger partial charge in [-0.2, -0.15) is 0 Å². The molecule has 0 aliphatic carbocycles. The Hall–Kier alpha value is -2.11. The molecule has 0 radical (unpaired) electrons. The average Bonchev–Trinajstić information content (AvgIpc) is 2.88. The molecule has 0 unspecified atom stereocenters. The van der Waals surface area contributed by atoms with Crippen LogP contribution in [-0.2, 0) is 6.42 Å². The van der Waals surface area contributed by atoms with Crippen molar-refractivity contribution in [3.8, 4) is 0 Å². The van der Waals surface area contributed by atoms with Crippen LogP contribution in [-0.4, -0.2) is 22.7 Å². The molecule has 4 N–H and O–H groups in total. The summed E-state index contributed by atoms with van der Waals surface area (Å²) in [6.45, 7) is 0.476. The maximum Gasteiger partial charge on any atom is 0.183 e. The number of hydrogen-bond donors (Lipinski definition) is 3. The Labute approximate surface area is 127 Å². The fourth-order valence-electron chi connectivity index (χ4n) is 2.18. The minimum Gasteiger partial charge on any atom is -0.399 e. The summed E-state index contributed by atoms with van der Waals surface area (Å²) >= 11 is 1.55. The fourth-order valence-corrected chi connectivity index (χ4v) is 3.10. The van der Waals surface area contributed by atoms with Crippen molar-refractivity contribution < 1.29 is 5.11 Å². The summed E-state index contributed by atoms with van der Waals surface area (Å²) < 4.78 is 1.05. The van der Waals surface area contributed by atoms with Crippen molar-refractivity contribution in [2.75, 3.05) is 17.6 Å². The number of thiazole rings is 1. The number of nitrogens with zero attached hydrogens (tertiary/aromatic N) is 1. The van der Waals surface area contributed by atoms with E-state index >= 15 is 0 Å². The average molecular weight is 299 g/mol. The van der Waals surface area contributed by atoms with Gasteiger partial charge in [0, 0.05) is 18.7 Å². The molecule has 0 saturated heterocycles. The number of aromatic nitrogens is 1. The Morgan fingerprint density at radius 2 is 2.00 bits per heavy atom. The number of aliphatic hydroxyl groups is 1. The van der Waals surface area contributed by atoms with Gasteiger partial charge < -0.3 is 16.2 Å². The molecule has 4 nitrogen and oxygen atoms in total. The quantitative estimate of drug-likeness (QED) is 0.634. The van der Waals surface area contributed by atoms with Crippen LogP contribution in [0.5, 0.6) is 0 Å². The Bertz CT molecular complexity index is 727. The molecule has 3 rings (SSSR count). The summed E-state index contributed by atoms with van der Waals surface area (Å²) in [6.07, 6.45) is 0.190. The van der Waals surface area contributed by atoms with E-state index in [4.69, 9.17) is 5.73 Å². The minimum atomic E-state index is -0.440. The first-order chi connectivity index (χ1) is 10.2. The predicted molar refractivity (Wildman–Crippen MR) is 88.7 cm³/mol. The molecule has 1 atom stereocenters. The standard InChI is InChI=1S/C16H17N3OS/c17-12-6-7-14-15(9-12)21-16(19-14)18-10-13(20)8-11-4-2-1-3-5-11/h1-7,9,13,20H,8,10,17H2,(H,18,19)/t13-/m1/s1. The third-order valence-corrected chi connectivity index (χ3v) is 4.19. The van der Waals surface area contributed by atoms with Gasteiger partial charge in [-0.1, -0.05) is 41.7 Å². The summed E-state index contributed by atoms with van der Waals surface area (Å²) in [5.41, 5.74) is 8.55. The molecule has 0 amide bonds. The van der Waals surface area contributed by atoms with E-state index in [0.29, 0.717) is 13.0 Å². The summed E-state index contributed by atoms with van der Waals surface area (Å²) in [4.78, 5) is 4.47. The number of nitrogens with one attached hydrogen (secondary N) is 1. The van der Waals surface area contributed by atoms with Gasteiger partial charge in [-0.25, -0.2) is 4.98 Å². The molecular weight excluding hydrogens is 282 g/mol. The topological polar surface area (TPSA) is 71.2 Å². The zero-order valence-electron chi connectivity index (χ0n) is 11.5. The number of nitrogen functional groups attached to an aromatic ring is 1. The Balaban J connectivity index is 1.60.